The van der Waals surface area contributed by atoms with Gasteiger partial charge in [-0.15, -0.1) is 11.8 Å². The average molecular weight is 629 g/mol. The Morgan fingerprint density at radius 1 is 1.00 bits per heavy atom. The van der Waals surface area contributed by atoms with Gasteiger partial charge in [-0.05, 0) is 90.8 Å². The van der Waals surface area contributed by atoms with Crippen molar-refractivity contribution in [2.45, 2.75) is 24.0 Å². The fourth-order valence-corrected chi connectivity index (χ4v) is 6.43. The summed E-state index contributed by atoms with van der Waals surface area (Å²) in [6.07, 6.45) is 1.64. The first kappa shape index (κ1) is 30.0. The second kappa shape index (κ2) is 14.1. The molecular formula is C32H28N4O4S3. The number of fused-ring (bicyclic) bond motifs is 1. The molecule has 3 amide bonds. The van der Waals surface area contributed by atoms with E-state index in [9.17, 15) is 14.4 Å². The molecule has 0 aliphatic carbocycles. The third-order valence-corrected chi connectivity index (χ3v) is 8.79. The summed E-state index contributed by atoms with van der Waals surface area (Å²) in [6, 6.07) is 23.4. The van der Waals surface area contributed by atoms with Gasteiger partial charge in [-0.25, -0.2) is 4.98 Å². The van der Waals surface area contributed by atoms with Gasteiger partial charge in [0.05, 0.1) is 22.1 Å². The molecule has 3 N–H and O–H groups in total. The summed E-state index contributed by atoms with van der Waals surface area (Å²) < 4.78 is 6.48. The monoisotopic (exact) mass is 628 g/mol. The number of thiazole rings is 1. The number of anilines is 2. The third kappa shape index (κ3) is 8.10. The number of nitrogens with zero attached hydrogens (tertiary/aromatic N) is 1. The van der Waals surface area contributed by atoms with E-state index in [0.29, 0.717) is 23.0 Å². The smallest absolute Gasteiger partial charge is 0.272 e. The van der Waals surface area contributed by atoms with Crippen LogP contribution in [-0.2, 0) is 9.59 Å². The second-order valence-corrected chi connectivity index (χ2v) is 12.5. The molecule has 5 rings (SSSR count). The van der Waals surface area contributed by atoms with Crippen LogP contribution in [0.15, 0.2) is 100 Å². The molecule has 0 saturated carbocycles. The van der Waals surface area contributed by atoms with Crippen molar-refractivity contribution in [1.29, 1.82) is 0 Å². The Balaban J connectivity index is 1.24. The predicted octanol–water partition coefficient (Wildman–Crippen LogP) is 7.29. The lowest BCUT2D eigenvalue weighted by Gasteiger charge is -2.13. The summed E-state index contributed by atoms with van der Waals surface area (Å²) in [4.78, 5) is 44.4. The lowest BCUT2D eigenvalue weighted by atomic mass is 10.2. The van der Waals surface area contributed by atoms with E-state index in [-0.39, 0.29) is 17.5 Å². The van der Waals surface area contributed by atoms with Gasteiger partial charge in [0.2, 0.25) is 5.91 Å². The lowest BCUT2D eigenvalue weighted by molar-refractivity contribution is -0.115. The quantitative estimate of drug-likeness (QED) is 0.105. The van der Waals surface area contributed by atoms with Crippen LogP contribution in [0, 0.1) is 0 Å². The van der Waals surface area contributed by atoms with Crippen molar-refractivity contribution in [1.82, 2.24) is 10.3 Å². The molecule has 3 aromatic carbocycles. The maximum atomic E-state index is 13.3. The van der Waals surface area contributed by atoms with E-state index in [2.05, 4.69) is 20.9 Å². The average Bonchev–Trinajstić information content (AvgIpc) is 3.67. The van der Waals surface area contributed by atoms with Crippen LogP contribution in [0.25, 0.3) is 16.3 Å². The second-order valence-electron chi connectivity index (χ2n) is 9.25. The Hall–Kier alpha value is -4.45. The molecule has 1 unspecified atom stereocenters. The van der Waals surface area contributed by atoms with Crippen LogP contribution in [0.3, 0.4) is 0 Å². The lowest BCUT2D eigenvalue weighted by Crippen LogP contribution is -2.30. The number of nitrogens with one attached hydrogen (secondary N) is 3. The predicted molar refractivity (Wildman–Crippen MR) is 176 cm³/mol. The zero-order valence-corrected chi connectivity index (χ0v) is 25.8. The summed E-state index contributed by atoms with van der Waals surface area (Å²) >= 11 is 4.24. The van der Waals surface area contributed by atoms with E-state index in [1.807, 2.05) is 61.0 Å². The molecule has 2 heterocycles. The molecule has 0 fully saturated rings. The minimum Gasteiger partial charge on any atom is -0.494 e. The van der Waals surface area contributed by atoms with Crippen LogP contribution < -0.4 is 20.7 Å². The number of carbonyl (C=O) groups is 3. The molecule has 0 spiro atoms. The molecule has 218 valence electrons. The number of amides is 3. The van der Waals surface area contributed by atoms with Gasteiger partial charge in [0.25, 0.3) is 11.8 Å². The molecule has 0 saturated heterocycles. The van der Waals surface area contributed by atoms with Crippen LogP contribution in [0.1, 0.15) is 29.8 Å². The first-order valence-electron chi connectivity index (χ1n) is 13.4. The van der Waals surface area contributed by atoms with Crippen molar-refractivity contribution >= 4 is 79.3 Å². The van der Waals surface area contributed by atoms with Crippen molar-refractivity contribution in [2.75, 3.05) is 17.2 Å². The molecular weight excluding hydrogens is 601 g/mol. The zero-order valence-electron chi connectivity index (χ0n) is 23.3. The number of aromatic nitrogens is 1. The van der Waals surface area contributed by atoms with Gasteiger partial charge in [0, 0.05) is 16.1 Å². The molecule has 0 aliphatic rings. The van der Waals surface area contributed by atoms with Crippen LogP contribution in [0.5, 0.6) is 5.75 Å². The van der Waals surface area contributed by atoms with Crippen LogP contribution in [0.2, 0.25) is 0 Å². The number of thioether (sulfide) groups is 1. The van der Waals surface area contributed by atoms with E-state index in [1.54, 1.807) is 48.5 Å². The number of rotatable bonds is 11. The fourth-order valence-electron chi connectivity index (χ4n) is 3.99. The van der Waals surface area contributed by atoms with E-state index >= 15 is 0 Å². The highest BCUT2D eigenvalue weighted by molar-refractivity contribution is 8.00. The maximum absolute atomic E-state index is 13.3. The molecule has 0 aliphatic heterocycles. The van der Waals surface area contributed by atoms with Crippen molar-refractivity contribution in [3.05, 3.63) is 106 Å². The highest BCUT2D eigenvalue weighted by Gasteiger charge is 2.18. The van der Waals surface area contributed by atoms with Crippen molar-refractivity contribution in [3.8, 4) is 5.75 Å². The molecule has 5 aromatic rings. The Bertz CT molecular complexity index is 1770. The van der Waals surface area contributed by atoms with Crippen molar-refractivity contribution < 1.29 is 19.1 Å². The summed E-state index contributed by atoms with van der Waals surface area (Å²) in [6.45, 7) is 4.32. The zero-order chi connectivity index (χ0) is 30.2. The Labute approximate surface area is 261 Å². The fraction of sp³-hybridized carbons (Fsp3) is 0.125. The summed E-state index contributed by atoms with van der Waals surface area (Å²) in [5.74, 6) is -0.274. The minimum atomic E-state index is -0.466. The topological polar surface area (TPSA) is 109 Å². The maximum Gasteiger partial charge on any atom is 0.272 e. The van der Waals surface area contributed by atoms with Crippen LogP contribution in [-0.4, -0.2) is 34.6 Å². The molecule has 1 atom stereocenters. The van der Waals surface area contributed by atoms with Crippen LogP contribution in [0.4, 0.5) is 10.8 Å². The number of hydrogen-bond acceptors (Lipinski definition) is 8. The third-order valence-electron chi connectivity index (χ3n) is 6.06. The Morgan fingerprint density at radius 2 is 1.84 bits per heavy atom. The normalized spacial score (nSPS) is 12.0. The summed E-state index contributed by atoms with van der Waals surface area (Å²) in [5, 5.41) is 12.4. The summed E-state index contributed by atoms with van der Waals surface area (Å²) in [7, 11) is 0. The van der Waals surface area contributed by atoms with E-state index in [0.717, 1.165) is 26.4 Å². The number of carbonyl (C=O) groups excluding carboxylic acids is 3. The van der Waals surface area contributed by atoms with Crippen LogP contribution >= 0.6 is 34.4 Å². The standard InChI is InChI=1S/C32H28N4O4S3/c1-3-40-24-12-13-26-28(18-24)43-32(35-26)36-29(37)20(2)42-25-11-7-10-23(17-25)33-31(39)27(16-21-14-15-41-19-21)34-30(38)22-8-5-4-6-9-22/h4-20H,3H2,1-2H3,(H,33,39)(H,34,38)(H,35,36,37)/b27-16-. The first-order chi connectivity index (χ1) is 20.9. The Morgan fingerprint density at radius 3 is 2.60 bits per heavy atom. The largest absolute Gasteiger partial charge is 0.494 e. The highest BCUT2D eigenvalue weighted by atomic mass is 32.2. The minimum absolute atomic E-state index is 0.113. The van der Waals surface area contributed by atoms with E-state index in [4.69, 9.17) is 4.74 Å². The van der Waals surface area contributed by atoms with Crippen molar-refractivity contribution in [3.63, 3.8) is 0 Å². The number of thiophene rings is 1. The first-order valence-corrected chi connectivity index (χ1v) is 16.0. The number of benzene rings is 3. The van der Waals surface area contributed by atoms with Gasteiger partial charge in [-0.2, -0.15) is 11.3 Å². The number of hydrogen-bond donors (Lipinski definition) is 3. The van der Waals surface area contributed by atoms with Gasteiger partial charge in [-0.3, -0.25) is 14.4 Å². The van der Waals surface area contributed by atoms with Gasteiger partial charge in [-0.1, -0.05) is 35.6 Å². The molecule has 0 radical (unpaired) electrons. The van der Waals surface area contributed by atoms with E-state index in [1.165, 1.54) is 34.4 Å². The molecule has 43 heavy (non-hydrogen) atoms. The Kier molecular flexibility index (Phi) is 9.88. The van der Waals surface area contributed by atoms with Gasteiger partial charge in [0.15, 0.2) is 5.13 Å². The van der Waals surface area contributed by atoms with Gasteiger partial charge in [0.1, 0.15) is 11.4 Å². The van der Waals surface area contributed by atoms with Gasteiger partial charge < -0.3 is 20.7 Å². The van der Waals surface area contributed by atoms with Gasteiger partial charge >= 0.3 is 0 Å². The molecule has 0 bridgehead atoms. The molecule has 8 nitrogen and oxygen atoms in total. The molecule has 2 aromatic heterocycles. The van der Waals surface area contributed by atoms with Crippen molar-refractivity contribution in [2.24, 2.45) is 0 Å². The van der Waals surface area contributed by atoms with E-state index < -0.39 is 11.2 Å². The number of ether oxygens (including phenoxy) is 1. The molecule has 11 heteroatoms. The SMILES string of the molecule is CCOc1ccc2nc(NC(=O)C(C)Sc3cccc(NC(=O)/C(=C/c4ccsc4)NC(=O)c4ccccc4)c3)sc2c1. The summed E-state index contributed by atoms with van der Waals surface area (Å²) in [5.41, 5.74) is 2.68. The highest BCUT2D eigenvalue weighted by Crippen LogP contribution is 2.31.